The summed E-state index contributed by atoms with van der Waals surface area (Å²) in [5, 5.41) is 7.83. The quantitative estimate of drug-likeness (QED) is 0.577. The minimum Gasteiger partial charge on any atom is -0.349 e. The predicted molar refractivity (Wildman–Crippen MR) is 141 cm³/mol. The van der Waals surface area contributed by atoms with E-state index in [9.17, 15) is 14.0 Å². The van der Waals surface area contributed by atoms with Gasteiger partial charge >= 0.3 is 0 Å². The van der Waals surface area contributed by atoms with Crippen LogP contribution in [0.25, 0.3) is 0 Å². The van der Waals surface area contributed by atoms with Gasteiger partial charge in [0.1, 0.15) is 5.82 Å². The second-order valence-electron chi connectivity index (χ2n) is 11.6. The molecule has 1 aliphatic carbocycles. The summed E-state index contributed by atoms with van der Waals surface area (Å²) in [6.07, 6.45) is 4.27. The lowest BCUT2D eigenvalue weighted by atomic mass is 9.93. The summed E-state index contributed by atoms with van der Waals surface area (Å²) in [6, 6.07) is 6.76. The molecule has 2 saturated heterocycles. The lowest BCUT2D eigenvalue weighted by Gasteiger charge is -2.27. The molecule has 7 nitrogen and oxygen atoms in total. The first-order valence-electron chi connectivity index (χ1n) is 13.8. The Kier molecular flexibility index (Phi) is 7.39. The van der Waals surface area contributed by atoms with E-state index in [1.54, 1.807) is 6.07 Å². The van der Waals surface area contributed by atoms with Crippen LogP contribution in [0.2, 0.25) is 0 Å². The molecule has 3 fully saturated rings. The Balaban J connectivity index is 1.18. The van der Waals surface area contributed by atoms with Gasteiger partial charge < -0.3 is 15.1 Å². The number of nitrogens with zero attached hydrogens (tertiary/aromatic N) is 4. The highest BCUT2D eigenvalue weighted by molar-refractivity contribution is 5.96. The van der Waals surface area contributed by atoms with Crippen molar-refractivity contribution < 1.29 is 14.0 Å². The topological polar surface area (TPSA) is 70.5 Å². The van der Waals surface area contributed by atoms with E-state index in [4.69, 9.17) is 5.10 Å². The summed E-state index contributed by atoms with van der Waals surface area (Å²) < 4.78 is 16.0. The monoisotopic (exact) mass is 509 g/mol. The van der Waals surface area contributed by atoms with Crippen molar-refractivity contribution in [3.05, 3.63) is 52.6 Å². The molecular weight excluding hydrogens is 469 g/mol. The molecule has 3 aliphatic rings. The molecule has 37 heavy (non-hydrogen) atoms. The van der Waals surface area contributed by atoms with Crippen LogP contribution < -0.4 is 5.32 Å². The first-order valence-corrected chi connectivity index (χ1v) is 13.8. The molecule has 200 valence electrons. The summed E-state index contributed by atoms with van der Waals surface area (Å²) in [5.41, 5.74) is 3.46. The number of carbonyl (C=O) groups excluding carboxylic acids is 2. The summed E-state index contributed by atoms with van der Waals surface area (Å²) in [6.45, 7) is 12.0. The van der Waals surface area contributed by atoms with Gasteiger partial charge in [-0.15, -0.1) is 0 Å². The number of likely N-dealkylation sites (tertiary alicyclic amines) is 2. The van der Waals surface area contributed by atoms with Gasteiger partial charge in [0.2, 0.25) is 5.91 Å². The number of amides is 2. The number of fused-ring (bicyclic) bond motifs is 1. The third-order valence-corrected chi connectivity index (χ3v) is 8.63. The zero-order chi connectivity index (χ0) is 26.3. The van der Waals surface area contributed by atoms with Gasteiger partial charge in [0.25, 0.3) is 5.91 Å². The minimum atomic E-state index is -0.287. The van der Waals surface area contributed by atoms with Gasteiger partial charge in [-0.2, -0.15) is 5.10 Å². The van der Waals surface area contributed by atoms with Crippen LogP contribution in [-0.4, -0.2) is 64.1 Å². The SMILES string of the molecule is Cc1nn(C2CCC2)c(C)c1C(=O)N1CC2CN(CC[C@H](NC(=O)C(C)C)c3cccc(F)c3)CC2C1. The Morgan fingerprint density at radius 3 is 2.41 bits per heavy atom. The predicted octanol–water partition coefficient (Wildman–Crippen LogP) is 4.27. The summed E-state index contributed by atoms with van der Waals surface area (Å²) in [4.78, 5) is 30.4. The maximum absolute atomic E-state index is 13.9. The summed E-state index contributed by atoms with van der Waals surface area (Å²) >= 11 is 0. The third kappa shape index (κ3) is 5.31. The van der Waals surface area contributed by atoms with Gasteiger partial charge in [-0.3, -0.25) is 14.3 Å². The van der Waals surface area contributed by atoms with E-state index in [-0.39, 0.29) is 29.6 Å². The molecule has 2 aromatic rings. The van der Waals surface area contributed by atoms with Gasteiger partial charge in [0, 0.05) is 44.3 Å². The lowest BCUT2D eigenvalue weighted by molar-refractivity contribution is -0.124. The fourth-order valence-corrected chi connectivity index (χ4v) is 6.25. The van der Waals surface area contributed by atoms with Gasteiger partial charge in [-0.1, -0.05) is 26.0 Å². The van der Waals surface area contributed by atoms with Crippen LogP contribution in [0.3, 0.4) is 0 Å². The number of halogens is 1. The second-order valence-corrected chi connectivity index (χ2v) is 11.6. The number of carbonyl (C=O) groups is 2. The molecule has 1 aromatic heterocycles. The molecule has 3 heterocycles. The molecule has 2 aliphatic heterocycles. The number of rotatable bonds is 8. The van der Waals surface area contributed by atoms with Crippen molar-refractivity contribution in [1.29, 1.82) is 0 Å². The molecular formula is C29H40FN5O2. The van der Waals surface area contributed by atoms with E-state index in [2.05, 4.69) is 14.9 Å². The largest absolute Gasteiger partial charge is 0.349 e. The van der Waals surface area contributed by atoms with Crippen LogP contribution in [0.1, 0.15) is 78.9 Å². The smallest absolute Gasteiger partial charge is 0.257 e. The summed E-state index contributed by atoms with van der Waals surface area (Å²) in [7, 11) is 0. The Morgan fingerprint density at radius 2 is 1.81 bits per heavy atom. The van der Waals surface area contributed by atoms with Crippen LogP contribution in [0, 0.1) is 37.4 Å². The van der Waals surface area contributed by atoms with Crippen LogP contribution in [0.15, 0.2) is 24.3 Å². The van der Waals surface area contributed by atoms with Crippen molar-refractivity contribution in [3.8, 4) is 0 Å². The molecule has 2 unspecified atom stereocenters. The molecule has 2 amide bonds. The van der Waals surface area contributed by atoms with Gasteiger partial charge in [0.15, 0.2) is 0 Å². The number of nitrogens with one attached hydrogen (secondary N) is 1. The van der Waals surface area contributed by atoms with E-state index in [1.807, 2.05) is 38.7 Å². The number of hydrogen-bond donors (Lipinski definition) is 1. The molecule has 1 saturated carbocycles. The van der Waals surface area contributed by atoms with Crippen molar-refractivity contribution >= 4 is 11.8 Å². The van der Waals surface area contributed by atoms with Crippen LogP contribution >= 0.6 is 0 Å². The zero-order valence-electron chi connectivity index (χ0n) is 22.5. The van der Waals surface area contributed by atoms with E-state index >= 15 is 0 Å². The maximum atomic E-state index is 13.9. The fourth-order valence-electron chi connectivity index (χ4n) is 6.25. The average molecular weight is 510 g/mol. The molecule has 0 radical (unpaired) electrons. The molecule has 3 atom stereocenters. The third-order valence-electron chi connectivity index (χ3n) is 8.63. The van der Waals surface area contributed by atoms with E-state index in [0.29, 0.717) is 17.9 Å². The average Bonchev–Trinajstić information content (AvgIpc) is 3.46. The Labute approximate surface area is 219 Å². The van der Waals surface area contributed by atoms with E-state index < -0.39 is 0 Å². The number of hydrogen-bond acceptors (Lipinski definition) is 4. The molecule has 0 spiro atoms. The van der Waals surface area contributed by atoms with Crippen molar-refractivity contribution in [2.75, 3.05) is 32.7 Å². The van der Waals surface area contributed by atoms with Crippen LogP contribution in [0.5, 0.6) is 0 Å². The molecule has 1 aromatic carbocycles. The Bertz CT molecular complexity index is 1140. The zero-order valence-corrected chi connectivity index (χ0v) is 22.5. The highest BCUT2D eigenvalue weighted by Gasteiger charge is 2.42. The number of benzene rings is 1. The molecule has 0 bridgehead atoms. The van der Waals surface area contributed by atoms with Crippen molar-refractivity contribution in [2.45, 2.75) is 65.5 Å². The normalized spacial score (nSPS) is 22.8. The van der Waals surface area contributed by atoms with Gasteiger partial charge in [-0.25, -0.2) is 4.39 Å². The first kappa shape index (κ1) is 25.9. The number of aromatic nitrogens is 2. The van der Waals surface area contributed by atoms with Gasteiger partial charge in [0.05, 0.1) is 23.3 Å². The molecule has 8 heteroatoms. The van der Waals surface area contributed by atoms with Crippen LogP contribution in [0.4, 0.5) is 4.39 Å². The van der Waals surface area contributed by atoms with Crippen molar-refractivity contribution in [3.63, 3.8) is 0 Å². The Hall–Kier alpha value is -2.74. The van der Waals surface area contributed by atoms with Crippen molar-refractivity contribution in [2.24, 2.45) is 17.8 Å². The van der Waals surface area contributed by atoms with E-state index in [0.717, 1.165) is 74.5 Å². The van der Waals surface area contributed by atoms with Crippen LogP contribution in [-0.2, 0) is 4.79 Å². The summed E-state index contributed by atoms with van der Waals surface area (Å²) in [5.74, 6) is 0.620. The van der Waals surface area contributed by atoms with Crippen molar-refractivity contribution in [1.82, 2.24) is 24.9 Å². The molecule has 1 N–H and O–H groups in total. The Morgan fingerprint density at radius 1 is 1.11 bits per heavy atom. The lowest BCUT2D eigenvalue weighted by Crippen LogP contribution is -2.36. The highest BCUT2D eigenvalue weighted by Crippen LogP contribution is 2.36. The maximum Gasteiger partial charge on any atom is 0.257 e. The number of aryl methyl sites for hydroxylation is 1. The fraction of sp³-hybridized carbons (Fsp3) is 0.621. The first-order chi connectivity index (χ1) is 17.7. The minimum absolute atomic E-state index is 0.0204. The second kappa shape index (κ2) is 10.6. The highest BCUT2D eigenvalue weighted by atomic mass is 19.1. The van der Waals surface area contributed by atoms with Gasteiger partial charge in [-0.05, 0) is 69.1 Å². The van der Waals surface area contributed by atoms with E-state index in [1.165, 1.54) is 18.6 Å². The molecule has 5 rings (SSSR count). The standard InChI is InChI=1S/C29H40FN5O2/c1-18(2)28(36)31-26(21-7-5-8-24(30)13-21)11-12-33-14-22-16-34(17-23(22)15-33)29(37)27-19(3)32-35(20(27)4)25-9-6-10-25/h5,7-8,13,18,22-23,25-26H,6,9-12,14-17H2,1-4H3,(H,31,36)/t22?,23?,26-/m0/s1.